The summed E-state index contributed by atoms with van der Waals surface area (Å²) in [6.07, 6.45) is 0.834. The minimum absolute atomic E-state index is 0.0769. The number of carbonyl (C=O) groups excluding carboxylic acids is 1. The Morgan fingerprint density at radius 2 is 2.20 bits per heavy atom. The highest BCUT2D eigenvalue weighted by Crippen LogP contribution is 2.17. The zero-order valence-corrected chi connectivity index (χ0v) is 12.5. The molecule has 4 nitrogen and oxygen atoms in total. The molecule has 0 fully saturated rings. The van der Waals surface area contributed by atoms with Crippen LogP contribution in [0.1, 0.15) is 27.7 Å². The lowest BCUT2D eigenvalue weighted by Gasteiger charge is -2.15. The first-order chi connectivity index (χ1) is 9.60. The second-order valence-electron chi connectivity index (χ2n) is 4.85. The zero-order chi connectivity index (χ0) is 14.5. The molecule has 2 aromatic rings. The van der Waals surface area contributed by atoms with Crippen LogP contribution in [-0.4, -0.2) is 11.9 Å². The van der Waals surface area contributed by atoms with E-state index in [0.717, 1.165) is 12.0 Å². The molecule has 1 atom stereocenters. The molecule has 1 heterocycles. The van der Waals surface area contributed by atoms with Crippen LogP contribution in [0, 0.1) is 6.92 Å². The average molecular weight is 289 g/mol. The maximum Gasteiger partial charge on any atom is 0.253 e. The summed E-state index contributed by atoms with van der Waals surface area (Å²) in [5.41, 5.74) is 4.84. The third-order valence-corrected chi connectivity index (χ3v) is 3.94. The fourth-order valence-electron chi connectivity index (χ4n) is 2.06. The number of hydrogen-bond acceptors (Lipinski definition) is 4. The van der Waals surface area contributed by atoms with Gasteiger partial charge in [-0.05, 0) is 43.0 Å². The van der Waals surface area contributed by atoms with E-state index < -0.39 is 0 Å². The Bertz CT molecular complexity index is 581. The van der Waals surface area contributed by atoms with Gasteiger partial charge >= 0.3 is 0 Å². The molecule has 1 aromatic carbocycles. The average Bonchev–Trinajstić information content (AvgIpc) is 2.90. The number of amides is 1. The predicted molar refractivity (Wildman–Crippen MR) is 83.9 cm³/mol. The van der Waals surface area contributed by atoms with E-state index in [0.29, 0.717) is 11.3 Å². The van der Waals surface area contributed by atoms with Crippen LogP contribution in [0.15, 0.2) is 35.7 Å². The molecule has 2 rings (SSSR count). The van der Waals surface area contributed by atoms with Gasteiger partial charge in [-0.1, -0.05) is 12.1 Å². The molecular weight excluding hydrogens is 270 g/mol. The summed E-state index contributed by atoms with van der Waals surface area (Å²) in [7, 11) is 0. The van der Waals surface area contributed by atoms with E-state index in [4.69, 9.17) is 5.84 Å². The maximum absolute atomic E-state index is 12.3. The second-order valence-corrected chi connectivity index (χ2v) is 5.88. The highest BCUT2D eigenvalue weighted by atomic mass is 32.1. The fraction of sp³-hybridized carbons (Fsp3) is 0.267. The van der Waals surface area contributed by atoms with Crippen LogP contribution in [0.5, 0.6) is 0 Å². The number of hydrazine groups is 1. The molecule has 106 valence electrons. The number of thiophene rings is 1. The Balaban J connectivity index is 2.04. The second kappa shape index (κ2) is 6.54. The summed E-state index contributed by atoms with van der Waals surface area (Å²) in [5.74, 6) is 5.36. The summed E-state index contributed by atoms with van der Waals surface area (Å²) in [6, 6.07) is 9.72. The van der Waals surface area contributed by atoms with Crippen molar-refractivity contribution >= 4 is 22.9 Å². The summed E-state index contributed by atoms with van der Waals surface area (Å²) < 4.78 is 0. The van der Waals surface area contributed by atoms with Gasteiger partial charge in [0.05, 0.1) is 11.3 Å². The largest absolute Gasteiger partial charge is 0.349 e. The van der Waals surface area contributed by atoms with Crippen molar-refractivity contribution in [1.29, 1.82) is 0 Å². The van der Waals surface area contributed by atoms with Crippen LogP contribution in [0.2, 0.25) is 0 Å². The number of hydrogen-bond donors (Lipinski definition) is 3. The van der Waals surface area contributed by atoms with Crippen LogP contribution in [-0.2, 0) is 6.42 Å². The highest BCUT2D eigenvalue weighted by molar-refractivity contribution is 7.09. The summed E-state index contributed by atoms with van der Waals surface area (Å²) >= 11 is 1.70. The molecule has 0 aliphatic heterocycles. The first kappa shape index (κ1) is 14.6. The number of rotatable bonds is 5. The number of carbonyl (C=O) groups is 1. The number of nitrogens with two attached hydrogens (primary N) is 1. The molecule has 0 aliphatic rings. The molecular formula is C15H19N3OS. The Morgan fingerprint density at radius 1 is 1.40 bits per heavy atom. The maximum atomic E-state index is 12.3. The molecule has 0 saturated heterocycles. The fourth-order valence-corrected chi connectivity index (χ4v) is 2.89. The van der Waals surface area contributed by atoms with Gasteiger partial charge < -0.3 is 10.7 Å². The lowest BCUT2D eigenvalue weighted by atomic mass is 10.1. The lowest BCUT2D eigenvalue weighted by Crippen LogP contribution is -2.34. The normalized spacial score (nSPS) is 11.9. The SMILES string of the molecule is Cc1ccc(C(=O)NC(C)Cc2cccs2)c(NN)c1. The highest BCUT2D eigenvalue weighted by Gasteiger charge is 2.14. The molecule has 4 N–H and O–H groups in total. The van der Waals surface area contributed by atoms with Crippen LogP contribution < -0.4 is 16.6 Å². The van der Waals surface area contributed by atoms with Gasteiger partial charge in [0.2, 0.25) is 0 Å². The van der Waals surface area contributed by atoms with Crippen molar-refractivity contribution in [3.05, 3.63) is 51.7 Å². The molecule has 0 aliphatic carbocycles. The van der Waals surface area contributed by atoms with E-state index in [-0.39, 0.29) is 11.9 Å². The topological polar surface area (TPSA) is 67.2 Å². The molecule has 0 radical (unpaired) electrons. The van der Waals surface area contributed by atoms with Crippen molar-refractivity contribution in [3.8, 4) is 0 Å². The third-order valence-electron chi connectivity index (χ3n) is 3.04. The van der Waals surface area contributed by atoms with Crippen LogP contribution in [0.4, 0.5) is 5.69 Å². The number of nitrogen functional groups attached to an aromatic ring is 1. The van der Waals surface area contributed by atoms with Crippen molar-refractivity contribution < 1.29 is 4.79 Å². The molecule has 5 heteroatoms. The minimum Gasteiger partial charge on any atom is -0.349 e. The van der Waals surface area contributed by atoms with E-state index in [1.54, 1.807) is 17.4 Å². The molecule has 1 amide bonds. The van der Waals surface area contributed by atoms with Crippen molar-refractivity contribution in [1.82, 2.24) is 5.32 Å². The van der Waals surface area contributed by atoms with Gasteiger partial charge in [-0.2, -0.15) is 0 Å². The van der Waals surface area contributed by atoms with Crippen molar-refractivity contribution in [2.24, 2.45) is 5.84 Å². The Hall–Kier alpha value is -1.85. The summed E-state index contributed by atoms with van der Waals surface area (Å²) in [4.78, 5) is 13.5. The number of anilines is 1. The predicted octanol–water partition coefficient (Wildman–Crippen LogP) is 2.70. The minimum atomic E-state index is -0.109. The smallest absolute Gasteiger partial charge is 0.253 e. The first-order valence-electron chi connectivity index (χ1n) is 6.50. The van der Waals surface area contributed by atoms with Crippen LogP contribution in [0.25, 0.3) is 0 Å². The standard InChI is InChI=1S/C15H19N3OS/c1-10-5-6-13(14(8-10)18-16)15(19)17-11(2)9-12-4-3-7-20-12/h3-8,11,18H,9,16H2,1-2H3,(H,17,19). The van der Waals surface area contributed by atoms with Gasteiger partial charge in [-0.3, -0.25) is 10.6 Å². The van der Waals surface area contributed by atoms with Crippen LogP contribution >= 0.6 is 11.3 Å². The van der Waals surface area contributed by atoms with Gasteiger partial charge in [0.25, 0.3) is 5.91 Å². The number of aryl methyl sites for hydroxylation is 1. The summed E-state index contributed by atoms with van der Waals surface area (Å²) in [6.45, 7) is 3.96. The van der Waals surface area contributed by atoms with Gasteiger partial charge in [-0.25, -0.2) is 0 Å². The van der Waals surface area contributed by atoms with E-state index in [1.165, 1.54) is 4.88 Å². The summed E-state index contributed by atoms with van der Waals surface area (Å²) in [5, 5.41) is 5.04. The van der Waals surface area contributed by atoms with Gasteiger partial charge in [0.15, 0.2) is 0 Å². The molecule has 0 bridgehead atoms. The van der Waals surface area contributed by atoms with Crippen molar-refractivity contribution in [3.63, 3.8) is 0 Å². The molecule has 0 saturated carbocycles. The van der Waals surface area contributed by atoms with E-state index >= 15 is 0 Å². The van der Waals surface area contributed by atoms with E-state index in [9.17, 15) is 4.79 Å². The Kier molecular flexibility index (Phi) is 4.76. The Labute approximate surface area is 123 Å². The molecule has 0 spiro atoms. The van der Waals surface area contributed by atoms with Gasteiger partial charge in [0, 0.05) is 17.3 Å². The van der Waals surface area contributed by atoms with E-state index in [1.807, 2.05) is 37.4 Å². The quantitative estimate of drug-likeness (QED) is 0.585. The van der Waals surface area contributed by atoms with Gasteiger partial charge in [0.1, 0.15) is 0 Å². The van der Waals surface area contributed by atoms with Crippen molar-refractivity contribution in [2.75, 3.05) is 5.43 Å². The Morgan fingerprint density at radius 3 is 2.85 bits per heavy atom. The number of benzene rings is 1. The first-order valence-corrected chi connectivity index (χ1v) is 7.38. The lowest BCUT2D eigenvalue weighted by molar-refractivity contribution is 0.0941. The third kappa shape index (κ3) is 3.59. The molecule has 20 heavy (non-hydrogen) atoms. The molecule has 1 aromatic heterocycles. The van der Waals surface area contributed by atoms with Crippen molar-refractivity contribution in [2.45, 2.75) is 26.3 Å². The van der Waals surface area contributed by atoms with Crippen LogP contribution in [0.3, 0.4) is 0 Å². The monoisotopic (exact) mass is 289 g/mol. The zero-order valence-electron chi connectivity index (χ0n) is 11.6. The molecule has 1 unspecified atom stereocenters. The number of nitrogens with one attached hydrogen (secondary N) is 2. The van der Waals surface area contributed by atoms with Gasteiger partial charge in [-0.15, -0.1) is 11.3 Å². The van der Waals surface area contributed by atoms with E-state index in [2.05, 4.69) is 16.8 Å².